The zero-order valence-corrected chi connectivity index (χ0v) is 38.2. The average Bonchev–Trinajstić information content (AvgIpc) is 3.98. The van der Waals surface area contributed by atoms with Crippen LogP contribution in [0.3, 0.4) is 0 Å². The molecule has 0 radical (unpaired) electrons. The number of esters is 4. The predicted molar refractivity (Wildman–Crippen MR) is 195 cm³/mol. The Kier molecular flexibility index (Phi) is 11.0. The van der Waals surface area contributed by atoms with E-state index in [4.69, 9.17) is 39.4 Å². The first kappa shape index (κ1) is 42.3. The van der Waals surface area contributed by atoms with Gasteiger partial charge in [0.2, 0.25) is 0 Å². The van der Waals surface area contributed by atoms with E-state index in [1.54, 1.807) is 0 Å². The molecular formula is C36H36Br4O16Zr. The molecule has 0 aromatic carbocycles. The zero-order chi connectivity index (χ0) is 40.1. The van der Waals surface area contributed by atoms with Gasteiger partial charge in [0.25, 0.3) is 0 Å². The van der Waals surface area contributed by atoms with E-state index >= 15 is 0 Å². The van der Waals surface area contributed by atoms with E-state index < -0.39 is 47.5 Å². The second kappa shape index (κ2) is 14.9. The monoisotopic (exact) mass is 1130 g/mol. The van der Waals surface area contributed by atoms with Crippen molar-refractivity contribution in [2.75, 3.05) is 0 Å². The molecule has 12 aliphatic rings. The van der Waals surface area contributed by atoms with Crippen molar-refractivity contribution in [1.82, 2.24) is 0 Å². The van der Waals surface area contributed by atoms with Gasteiger partial charge in [-0.3, -0.25) is 38.4 Å². The Hall–Kier alpha value is -1.44. The van der Waals surface area contributed by atoms with Crippen LogP contribution in [0.5, 0.6) is 0 Å². The normalized spacial score (nSPS) is 52.7. The van der Waals surface area contributed by atoms with Crippen molar-refractivity contribution in [2.45, 2.75) is 69.4 Å². The summed E-state index contributed by atoms with van der Waals surface area (Å²) in [4.78, 5) is 90.1. The Morgan fingerprint density at radius 2 is 0.561 bits per heavy atom. The van der Waals surface area contributed by atoms with E-state index in [0.717, 1.165) is 25.7 Å². The maximum Gasteiger partial charge on any atom is 0.310 e. The molecule has 57 heavy (non-hydrogen) atoms. The van der Waals surface area contributed by atoms with Gasteiger partial charge >= 0.3 is 47.8 Å². The molecule has 0 aromatic rings. The Labute approximate surface area is 376 Å². The summed E-state index contributed by atoms with van der Waals surface area (Å²) >= 11 is 13.8. The largest absolute Gasteiger partial charge is 0.481 e. The van der Waals surface area contributed by atoms with Crippen LogP contribution in [0, 0.1) is 94.7 Å². The van der Waals surface area contributed by atoms with Crippen LogP contribution in [-0.2, 0) is 83.5 Å². The van der Waals surface area contributed by atoms with E-state index in [1.165, 1.54) is 0 Å². The van der Waals surface area contributed by atoms with Crippen LogP contribution in [-0.4, -0.2) is 112 Å². The van der Waals surface area contributed by atoms with Crippen LogP contribution in [0.15, 0.2) is 0 Å². The van der Waals surface area contributed by atoms with E-state index in [9.17, 15) is 38.4 Å². The number of rotatable bonds is 4. The van der Waals surface area contributed by atoms with Gasteiger partial charge in [-0.05, 0) is 49.4 Å². The van der Waals surface area contributed by atoms with Crippen LogP contribution >= 0.6 is 63.7 Å². The summed E-state index contributed by atoms with van der Waals surface area (Å²) in [6.45, 7) is 0. The average molecular weight is 1140 g/mol. The number of carbonyl (C=O) groups excluding carboxylic acids is 4. The van der Waals surface area contributed by atoms with Gasteiger partial charge in [0.05, 0.1) is 66.7 Å². The van der Waals surface area contributed by atoms with E-state index in [1.807, 2.05) is 0 Å². The molecule has 24 atom stereocenters. The fraction of sp³-hybridized carbons (Fsp3) is 0.778. The summed E-state index contributed by atoms with van der Waals surface area (Å²) < 4.78 is 20.7. The molecule has 4 heterocycles. The molecule has 0 aromatic heterocycles. The molecule has 12 rings (SSSR count). The fourth-order valence-electron chi connectivity index (χ4n) is 13.2. The SMILES string of the molecule is O=C(O)C1C2CC3C(OC(=O)C31)C2Br.O=C(O)C1C2CC3C(OC(=O)C31)C2Br.O=C(O)C1C2CC3C(OC(=O)C31)C2Br.O=C(O)C1C2CC3C(OC(=O)C31)C2Br.[Zr]. The molecule has 4 saturated heterocycles. The summed E-state index contributed by atoms with van der Waals surface area (Å²) in [6, 6.07) is 0. The minimum Gasteiger partial charge on any atom is -0.481 e. The number of halogens is 4. The van der Waals surface area contributed by atoms with E-state index in [-0.39, 0.29) is 165 Å². The Morgan fingerprint density at radius 1 is 0.386 bits per heavy atom. The number of carboxylic acids is 4. The number of carboxylic acid groups (broad SMARTS) is 4. The molecule has 0 spiro atoms. The van der Waals surface area contributed by atoms with Gasteiger partial charge in [0, 0.05) is 49.9 Å². The van der Waals surface area contributed by atoms with Gasteiger partial charge in [0.15, 0.2) is 0 Å². The molecule has 0 amide bonds. The maximum absolute atomic E-state index is 11.4. The van der Waals surface area contributed by atoms with Crippen LogP contribution in [0.2, 0.25) is 0 Å². The first-order valence-electron chi connectivity index (χ1n) is 18.7. The van der Waals surface area contributed by atoms with Crippen molar-refractivity contribution < 1.29 is 104 Å². The van der Waals surface area contributed by atoms with Gasteiger partial charge < -0.3 is 39.4 Å². The Balaban J connectivity index is 0.000000106. The van der Waals surface area contributed by atoms with Crippen LogP contribution in [0.25, 0.3) is 0 Å². The van der Waals surface area contributed by atoms with Gasteiger partial charge in [-0.1, -0.05) is 63.7 Å². The van der Waals surface area contributed by atoms with Crippen molar-refractivity contribution in [3.63, 3.8) is 0 Å². The van der Waals surface area contributed by atoms with E-state index in [2.05, 4.69) is 63.7 Å². The van der Waals surface area contributed by atoms with Gasteiger partial charge in [-0.2, -0.15) is 0 Å². The summed E-state index contributed by atoms with van der Waals surface area (Å²) in [7, 11) is 0. The molecule has 8 bridgehead atoms. The van der Waals surface area contributed by atoms with Gasteiger partial charge in [-0.15, -0.1) is 0 Å². The van der Waals surface area contributed by atoms with Crippen LogP contribution in [0.1, 0.15) is 25.7 Å². The minimum absolute atomic E-state index is 0. The van der Waals surface area contributed by atoms with Crippen molar-refractivity contribution in [2.24, 2.45) is 94.7 Å². The molecule has 12 fully saturated rings. The maximum atomic E-state index is 11.4. The summed E-state index contributed by atoms with van der Waals surface area (Å²) in [5.41, 5.74) is 0. The van der Waals surface area contributed by atoms with Crippen LogP contribution < -0.4 is 0 Å². The minimum atomic E-state index is -0.857. The summed E-state index contributed by atoms with van der Waals surface area (Å²) in [6.07, 6.45) is 2.95. The molecule has 4 N–H and O–H groups in total. The van der Waals surface area contributed by atoms with Crippen molar-refractivity contribution >= 4 is 111 Å². The molecule has 24 unspecified atom stereocenters. The number of alkyl halides is 4. The quantitative estimate of drug-likeness (QED) is 0.179. The first-order chi connectivity index (χ1) is 26.4. The molecule has 4 aliphatic heterocycles. The van der Waals surface area contributed by atoms with Crippen LogP contribution in [0.4, 0.5) is 0 Å². The van der Waals surface area contributed by atoms with Gasteiger partial charge in [-0.25, -0.2) is 0 Å². The topological polar surface area (TPSA) is 254 Å². The molecule has 308 valence electrons. The third kappa shape index (κ3) is 6.00. The molecule has 8 aliphatic carbocycles. The second-order valence-corrected chi connectivity index (χ2v) is 21.4. The standard InChI is InChI=1S/4C9H9BrO4.Zr/c4*10-6-2-1-3-5(4(2)8(11)12)9(13)14-7(3)6;/h4*2-7H,1H2,(H,11,12);. The fourth-order valence-corrected chi connectivity index (χ4v) is 17.4. The van der Waals surface area contributed by atoms with Gasteiger partial charge in [0.1, 0.15) is 24.4 Å². The van der Waals surface area contributed by atoms with Crippen molar-refractivity contribution in [3.8, 4) is 0 Å². The third-order valence-corrected chi connectivity index (χ3v) is 20.0. The molecule has 21 heteroatoms. The van der Waals surface area contributed by atoms with E-state index in [0.29, 0.717) is 0 Å². The van der Waals surface area contributed by atoms with Crippen molar-refractivity contribution in [3.05, 3.63) is 0 Å². The van der Waals surface area contributed by atoms with Crippen molar-refractivity contribution in [1.29, 1.82) is 0 Å². The number of hydrogen-bond donors (Lipinski definition) is 4. The Bertz CT molecular complexity index is 1580. The molecule has 16 nitrogen and oxygen atoms in total. The summed E-state index contributed by atoms with van der Waals surface area (Å²) in [5, 5.41) is 36.2. The number of hydrogen-bond acceptors (Lipinski definition) is 12. The first-order valence-corrected chi connectivity index (χ1v) is 22.4. The smallest absolute Gasteiger partial charge is 0.310 e. The zero-order valence-electron chi connectivity index (χ0n) is 29.4. The number of fused-ring (bicyclic) bond motifs is 4. The summed E-state index contributed by atoms with van der Waals surface area (Å²) in [5.74, 6) is -7.48. The molecular weight excluding hydrogens is 1100 g/mol. The second-order valence-electron chi connectivity index (χ2n) is 17.2. The Morgan fingerprint density at radius 3 is 0.719 bits per heavy atom. The number of ether oxygens (including phenoxy) is 4. The predicted octanol–water partition coefficient (Wildman–Crippen LogP) is 2.57. The molecule has 8 saturated carbocycles. The third-order valence-electron chi connectivity index (χ3n) is 15.2. The number of carbonyl (C=O) groups is 8. The number of aliphatic carboxylic acids is 4.